The van der Waals surface area contributed by atoms with Crippen molar-refractivity contribution >= 4 is 51.2 Å². The molecule has 0 saturated heterocycles. The van der Waals surface area contributed by atoms with Crippen LogP contribution in [-0.2, 0) is 0 Å². The van der Waals surface area contributed by atoms with Crippen molar-refractivity contribution < 1.29 is 0 Å². The van der Waals surface area contributed by atoms with Crippen LogP contribution in [0.15, 0.2) is 64.4 Å². The Morgan fingerprint density at radius 2 is 2.00 bits per heavy atom. The minimum absolute atomic E-state index is 0.402. The van der Waals surface area contributed by atoms with E-state index in [1.54, 1.807) is 18.6 Å². The van der Waals surface area contributed by atoms with Crippen molar-refractivity contribution in [1.29, 1.82) is 0 Å². The van der Waals surface area contributed by atoms with E-state index in [4.69, 9.17) is 12.2 Å². The number of hydrazone groups is 1. The maximum absolute atomic E-state index is 5.12. The number of thiocarbonyl (C=S) groups is 1. The molecule has 0 amide bonds. The number of hydrogen-bond donors (Lipinski definition) is 2. The van der Waals surface area contributed by atoms with Crippen molar-refractivity contribution in [1.82, 2.24) is 10.4 Å². The molecule has 0 bridgehead atoms. The number of allylic oxidation sites excluding steroid dienone is 1. The van der Waals surface area contributed by atoms with Crippen LogP contribution in [0.1, 0.15) is 5.56 Å². The lowest BCUT2D eigenvalue weighted by molar-refractivity contribution is 1.05. The molecule has 0 fully saturated rings. The van der Waals surface area contributed by atoms with Gasteiger partial charge in [-0.1, -0.05) is 30.3 Å². The van der Waals surface area contributed by atoms with Crippen LogP contribution < -0.4 is 10.7 Å². The van der Waals surface area contributed by atoms with Gasteiger partial charge in [-0.15, -0.1) is 0 Å². The highest BCUT2D eigenvalue weighted by Gasteiger charge is 1.95. The van der Waals surface area contributed by atoms with Crippen LogP contribution >= 0.6 is 28.1 Å². The number of aromatic nitrogens is 1. The Bertz CT molecular complexity index is 641. The monoisotopic (exact) mass is 360 g/mol. The standard InChI is InChI=1S/C15H13BrN4S/c16-13(9-12-5-2-1-3-6-12)10-18-20-15(21)19-14-7-4-8-17-11-14/h1-11H,(H2,19,20,21)/b13-9-,18-10-. The van der Waals surface area contributed by atoms with Crippen LogP contribution in [0.3, 0.4) is 0 Å². The molecule has 0 unspecified atom stereocenters. The Morgan fingerprint density at radius 1 is 1.19 bits per heavy atom. The molecule has 2 aromatic rings. The van der Waals surface area contributed by atoms with Crippen molar-refractivity contribution in [2.75, 3.05) is 5.32 Å². The predicted octanol–water partition coefficient (Wildman–Crippen LogP) is 3.79. The van der Waals surface area contributed by atoms with Crippen molar-refractivity contribution in [2.24, 2.45) is 5.10 Å². The van der Waals surface area contributed by atoms with E-state index in [1.807, 2.05) is 48.5 Å². The van der Waals surface area contributed by atoms with Gasteiger partial charge in [0.05, 0.1) is 18.1 Å². The average molecular weight is 361 g/mol. The van der Waals surface area contributed by atoms with Crippen LogP contribution in [0, 0.1) is 0 Å². The normalized spacial score (nSPS) is 11.4. The molecule has 1 heterocycles. The Hall–Kier alpha value is -2.05. The lowest BCUT2D eigenvalue weighted by atomic mass is 10.2. The highest BCUT2D eigenvalue weighted by atomic mass is 79.9. The molecule has 4 nitrogen and oxygen atoms in total. The van der Waals surface area contributed by atoms with E-state index in [0.717, 1.165) is 15.7 Å². The molecule has 21 heavy (non-hydrogen) atoms. The van der Waals surface area contributed by atoms with Crippen LogP contribution in [-0.4, -0.2) is 16.3 Å². The highest BCUT2D eigenvalue weighted by Crippen LogP contribution is 2.09. The third kappa shape index (κ3) is 5.85. The van der Waals surface area contributed by atoms with Gasteiger partial charge >= 0.3 is 0 Å². The SMILES string of the molecule is S=C(N/N=C\C(Br)=C\c1ccccc1)Nc1cccnc1. The number of rotatable bonds is 4. The number of nitrogens with one attached hydrogen (secondary N) is 2. The van der Waals surface area contributed by atoms with Gasteiger partial charge in [-0.3, -0.25) is 10.4 Å². The molecule has 2 N–H and O–H groups in total. The summed E-state index contributed by atoms with van der Waals surface area (Å²) < 4.78 is 0.838. The third-order valence-corrected chi connectivity index (χ3v) is 3.00. The van der Waals surface area contributed by atoms with Gasteiger partial charge in [-0.25, -0.2) is 0 Å². The number of hydrogen-bond acceptors (Lipinski definition) is 3. The topological polar surface area (TPSA) is 49.3 Å². The Kier molecular flexibility index (Phi) is 6.05. The third-order valence-electron chi connectivity index (χ3n) is 2.38. The fraction of sp³-hybridized carbons (Fsp3) is 0. The summed E-state index contributed by atoms with van der Waals surface area (Å²) >= 11 is 8.55. The number of benzene rings is 1. The largest absolute Gasteiger partial charge is 0.330 e. The summed E-state index contributed by atoms with van der Waals surface area (Å²) in [6.07, 6.45) is 6.99. The molecule has 0 spiro atoms. The Morgan fingerprint density at radius 3 is 2.71 bits per heavy atom. The van der Waals surface area contributed by atoms with E-state index in [2.05, 4.69) is 36.8 Å². The summed E-state index contributed by atoms with van der Waals surface area (Å²) in [7, 11) is 0. The summed E-state index contributed by atoms with van der Waals surface area (Å²) in [5.41, 5.74) is 4.64. The van der Waals surface area contributed by atoms with Crippen molar-refractivity contribution in [2.45, 2.75) is 0 Å². The molecule has 0 aliphatic carbocycles. The van der Waals surface area contributed by atoms with Gasteiger partial charge in [0.1, 0.15) is 0 Å². The minimum atomic E-state index is 0.402. The second-order valence-corrected chi connectivity index (χ2v) is 5.33. The van der Waals surface area contributed by atoms with Crippen LogP contribution in [0.5, 0.6) is 0 Å². The Balaban J connectivity index is 1.84. The van der Waals surface area contributed by atoms with Crippen LogP contribution in [0.2, 0.25) is 0 Å². The maximum atomic E-state index is 5.12. The lowest BCUT2D eigenvalue weighted by Gasteiger charge is -2.05. The Labute approximate surface area is 137 Å². The van der Waals surface area contributed by atoms with E-state index in [-0.39, 0.29) is 0 Å². The summed E-state index contributed by atoms with van der Waals surface area (Å²) in [6, 6.07) is 13.7. The molecule has 1 aromatic heterocycles. The fourth-order valence-corrected chi connectivity index (χ4v) is 2.03. The van der Waals surface area contributed by atoms with Gasteiger partial charge in [0.25, 0.3) is 0 Å². The molecule has 0 saturated carbocycles. The molecular formula is C15H13BrN4S. The summed E-state index contributed by atoms with van der Waals surface area (Å²) in [5, 5.41) is 7.43. The molecule has 0 atom stereocenters. The van der Waals surface area contributed by atoms with Gasteiger partial charge in [-0.05, 0) is 51.9 Å². The lowest BCUT2D eigenvalue weighted by Crippen LogP contribution is -2.23. The zero-order valence-corrected chi connectivity index (χ0v) is 13.4. The number of nitrogens with zero attached hydrogens (tertiary/aromatic N) is 2. The van der Waals surface area contributed by atoms with Gasteiger partial charge in [0.2, 0.25) is 0 Å². The van der Waals surface area contributed by atoms with Crippen molar-refractivity contribution in [3.05, 3.63) is 64.9 Å². The van der Waals surface area contributed by atoms with Crippen LogP contribution in [0.4, 0.5) is 5.69 Å². The maximum Gasteiger partial charge on any atom is 0.191 e. The van der Waals surface area contributed by atoms with Gasteiger partial charge in [0, 0.05) is 10.7 Å². The van der Waals surface area contributed by atoms with E-state index in [1.165, 1.54) is 0 Å². The summed E-state index contributed by atoms with van der Waals surface area (Å²) in [6.45, 7) is 0. The average Bonchev–Trinajstić information content (AvgIpc) is 2.49. The first-order valence-corrected chi connectivity index (χ1v) is 7.36. The van der Waals surface area contributed by atoms with Gasteiger partial charge < -0.3 is 5.32 Å². The zero-order valence-electron chi connectivity index (χ0n) is 11.0. The minimum Gasteiger partial charge on any atom is -0.330 e. The van der Waals surface area contributed by atoms with Crippen LogP contribution in [0.25, 0.3) is 6.08 Å². The molecular weight excluding hydrogens is 348 g/mol. The van der Waals surface area contributed by atoms with Gasteiger partial charge in [-0.2, -0.15) is 5.10 Å². The molecule has 0 radical (unpaired) electrons. The highest BCUT2D eigenvalue weighted by molar-refractivity contribution is 9.12. The van der Waals surface area contributed by atoms with E-state index < -0.39 is 0 Å². The number of pyridine rings is 1. The first-order chi connectivity index (χ1) is 10.2. The molecule has 2 rings (SSSR count). The summed E-state index contributed by atoms with van der Waals surface area (Å²) in [4.78, 5) is 3.99. The smallest absolute Gasteiger partial charge is 0.191 e. The van der Waals surface area contributed by atoms with Crippen molar-refractivity contribution in [3.63, 3.8) is 0 Å². The number of anilines is 1. The summed E-state index contributed by atoms with van der Waals surface area (Å²) in [5.74, 6) is 0. The van der Waals surface area contributed by atoms with Crippen molar-refractivity contribution in [3.8, 4) is 0 Å². The first-order valence-electron chi connectivity index (χ1n) is 6.16. The molecule has 0 aliphatic heterocycles. The first kappa shape index (κ1) is 15.3. The quantitative estimate of drug-likeness (QED) is 0.494. The zero-order chi connectivity index (χ0) is 14.9. The predicted molar refractivity (Wildman–Crippen MR) is 95.4 cm³/mol. The molecule has 106 valence electrons. The fourth-order valence-electron chi connectivity index (χ4n) is 1.49. The molecule has 0 aliphatic rings. The second kappa shape index (κ2) is 8.28. The number of halogens is 1. The molecule has 1 aromatic carbocycles. The van der Waals surface area contributed by atoms with E-state index in [0.29, 0.717) is 5.11 Å². The van der Waals surface area contributed by atoms with E-state index in [9.17, 15) is 0 Å². The molecule has 6 heteroatoms. The van der Waals surface area contributed by atoms with Gasteiger partial charge in [0.15, 0.2) is 5.11 Å². The second-order valence-electron chi connectivity index (χ2n) is 4.01. The van der Waals surface area contributed by atoms with E-state index >= 15 is 0 Å².